The number of aliphatic carboxylic acids is 1. The summed E-state index contributed by atoms with van der Waals surface area (Å²) in [6.45, 7) is 4.37. The highest BCUT2D eigenvalue weighted by Crippen LogP contribution is 2.21. The second-order valence-corrected chi connectivity index (χ2v) is 4.72. The van der Waals surface area contributed by atoms with Crippen LogP contribution in [0.1, 0.15) is 31.9 Å². The number of carbonyl (C=O) groups is 1. The molecule has 0 saturated carbocycles. The van der Waals surface area contributed by atoms with Crippen LogP contribution in [0, 0.1) is 5.92 Å². The topological polar surface area (TPSA) is 69.6 Å². The van der Waals surface area contributed by atoms with E-state index in [4.69, 9.17) is 5.11 Å². The molecule has 2 atom stereocenters. The molecule has 0 fully saturated rings. The zero-order valence-electron chi connectivity index (χ0n) is 10.8. The highest BCUT2D eigenvalue weighted by molar-refractivity contribution is 5.66. The van der Waals surface area contributed by atoms with E-state index in [1.807, 2.05) is 44.2 Å². The summed E-state index contributed by atoms with van der Waals surface area (Å²) in [4.78, 5) is 10.5. The lowest BCUT2D eigenvalue weighted by Crippen LogP contribution is -2.40. The SMILES string of the molecule is CC(C)C(NCCC(=O)O)C(O)c1ccccc1. The monoisotopic (exact) mass is 251 g/mol. The maximum atomic E-state index is 10.5. The molecule has 1 aromatic rings. The van der Waals surface area contributed by atoms with Crippen molar-refractivity contribution in [1.82, 2.24) is 5.32 Å². The smallest absolute Gasteiger partial charge is 0.304 e. The number of carboxylic acids is 1. The van der Waals surface area contributed by atoms with Crippen LogP contribution in [0.3, 0.4) is 0 Å². The Morgan fingerprint density at radius 2 is 1.89 bits per heavy atom. The van der Waals surface area contributed by atoms with E-state index in [9.17, 15) is 9.90 Å². The molecule has 4 nitrogen and oxygen atoms in total. The molecule has 0 saturated heterocycles. The summed E-state index contributed by atoms with van der Waals surface area (Å²) in [5, 5.41) is 22.0. The standard InChI is InChI=1S/C14H21NO3/c1-10(2)13(15-9-8-12(16)17)14(18)11-6-4-3-5-7-11/h3-7,10,13-15,18H,8-9H2,1-2H3,(H,16,17). The maximum Gasteiger partial charge on any atom is 0.304 e. The highest BCUT2D eigenvalue weighted by Gasteiger charge is 2.23. The number of hydrogen-bond acceptors (Lipinski definition) is 3. The average Bonchev–Trinajstić information content (AvgIpc) is 2.34. The van der Waals surface area contributed by atoms with E-state index in [0.717, 1.165) is 5.56 Å². The summed E-state index contributed by atoms with van der Waals surface area (Å²) >= 11 is 0. The lowest BCUT2D eigenvalue weighted by atomic mass is 9.93. The van der Waals surface area contributed by atoms with E-state index in [1.165, 1.54) is 0 Å². The van der Waals surface area contributed by atoms with E-state index in [0.29, 0.717) is 6.54 Å². The van der Waals surface area contributed by atoms with Crippen LogP contribution in [0.15, 0.2) is 30.3 Å². The van der Waals surface area contributed by atoms with Crippen LogP contribution in [0.2, 0.25) is 0 Å². The van der Waals surface area contributed by atoms with E-state index in [2.05, 4.69) is 5.32 Å². The van der Waals surface area contributed by atoms with Crippen molar-refractivity contribution in [3.63, 3.8) is 0 Å². The first-order chi connectivity index (χ1) is 8.52. The Bertz CT molecular complexity index is 365. The summed E-state index contributed by atoms with van der Waals surface area (Å²) in [5.74, 6) is -0.617. The Balaban J connectivity index is 2.64. The fraction of sp³-hybridized carbons (Fsp3) is 0.500. The highest BCUT2D eigenvalue weighted by atomic mass is 16.4. The first-order valence-corrected chi connectivity index (χ1v) is 6.20. The number of aliphatic hydroxyl groups excluding tert-OH is 1. The molecule has 0 aromatic heterocycles. The van der Waals surface area contributed by atoms with Gasteiger partial charge in [-0.1, -0.05) is 44.2 Å². The van der Waals surface area contributed by atoms with Crippen molar-refractivity contribution >= 4 is 5.97 Å². The van der Waals surface area contributed by atoms with Crippen molar-refractivity contribution in [1.29, 1.82) is 0 Å². The number of benzene rings is 1. The largest absolute Gasteiger partial charge is 0.481 e. The van der Waals surface area contributed by atoms with Crippen LogP contribution >= 0.6 is 0 Å². The number of rotatable bonds is 7. The molecule has 0 radical (unpaired) electrons. The summed E-state index contributed by atoms with van der Waals surface area (Å²) in [5.41, 5.74) is 0.846. The molecule has 0 aliphatic heterocycles. The average molecular weight is 251 g/mol. The minimum absolute atomic E-state index is 0.0602. The van der Waals surface area contributed by atoms with Crippen molar-refractivity contribution in [2.75, 3.05) is 6.54 Å². The number of carboxylic acid groups (broad SMARTS) is 1. The van der Waals surface area contributed by atoms with Gasteiger partial charge in [-0.15, -0.1) is 0 Å². The van der Waals surface area contributed by atoms with Crippen LogP contribution in [0.4, 0.5) is 0 Å². The van der Waals surface area contributed by atoms with Gasteiger partial charge in [0, 0.05) is 12.6 Å². The molecule has 0 aliphatic carbocycles. The minimum Gasteiger partial charge on any atom is -0.481 e. The van der Waals surface area contributed by atoms with Crippen molar-refractivity contribution in [2.45, 2.75) is 32.4 Å². The third-order valence-electron chi connectivity index (χ3n) is 2.92. The van der Waals surface area contributed by atoms with E-state index in [1.54, 1.807) is 0 Å². The van der Waals surface area contributed by atoms with Crippen LogP contribution in [0.25, 0.3) is 0 Å². The van der Waals surface area contributed by atoms with E-state index in [-0.39, 0.29) is 18.4 Å². The maximum absolute atomic E-state index is 10.5. The predicted molar refractivity (Wildman–Crippen MR) is 70.3 cm³/mol. The molecule has 0 heterocycles. The fourth-order valence-electron chi connectivity index (χ4n) is 1.92. The molecule has 4 heteroatoms. The van der Waals surface area contributed by atoms with Crippen molar-refractivity contribution in [3.8, 4) is 0 Å². The molecule has 2 unspecified atom stereocenters. The number of nitrogens with one attached hydrogen (secondary N) is 1. The molecule has 18 heavy (non-hydrogen) atoms. The lowest BCUT2D eigenvalue weighted by molar-refractivity contribution is -0.136. The Morgan fingerprint density at radius 1 is 1.28 bits per heavy atom. The normalized spacial score (nSPS) is 14.4. The van der Waals surface area contributed by atoms with Crippen LogP contribution < -0.4 is 5.32 Å². The van der Waals surface area contributed by atoms with E-state index >= 15 is 0 Å². The molecule has 0 spiro atoms. The second-order valence-electron chi connectivity index (χ2n) is 4.72. The fourth-order valence-corrected chi connectivity index (χ4v) is 1.92. The van der Waals surface area contributed by atoms with Gasteiger partial charge in [-0.3, -0.25) is 4.79 Å². The lowest BCUT2D eigenvalue weighted by Gasteiger charge is -2.27. The van der Waals surface area contributed by atoms with Gasteiger partial charge in [0.15, 0.2) is 0 Å². The quantitative estimate of drug-likeness (QED) is 0.691. The van der Waals surface area contributed by atoms with Gasteiger partial charge in [0.25, 0.3) is 0 Å². The van der Waals surface area contributed by atoms with Crippen LogP contribution in [-0.4, -0.2) is 28.8 Å². The number of hydrogen-bond donors (Lipinski definition) is 3. The second kappa shape index (κ2) is 7.13. The van der Waals surface area contributed by atoms with Crippen molar-refractivity contribution in [3.05, 3.63) is 35.9 Å². The molecular formula is C14H21NO3. The van der Waals surface area contributed by atoms with Gasteiger partial charge in [-0.25, -0.2) is 0 Å². The Hall–Kier alpha value is -1.39. The van der Waals surface area contributed by atoms with Gasteiger partial charge < -0.3 is 15.5 Å². The molecule has 100 valence electrons. The van der Waals surface area contributed by atoms with Gasteiger partial charge in [-0.05, 0) is 11.5 Å². The molecule has 3 N–H and O–H groups in total. The molecule has 0 amide bonds. The molecule has 1 rings (SSSR count). The molecule has 0 aliphatic rings. The summed E-state index contributed by atoms with van der Waals surface area (Å²) < 4.78 is 0. The van der Waals surface area contributed by atoms with Gasteiger partial charge in [-0.2, -0.15) is 0 Å². The van der Waals surface area contributed by atoms with E-state index < -0.39 is 12.1 Å². The number of aliphatic hydroxyl groups is 1. The zero-order chi connectivity index (χ0) is 13.5. The Kier molecular flexibility index (Phi) is 5.82. The van der Waals surface area contributed by atoms with Gasteiger partial charge >= 0.3 is 5.97 Å². The predicted octanol–water partition coefficient (Wildman–Crippen LogP) is 1.81. The third-order valence-corrected chi connectivity index (χ3v) is 2.92. The summed E-state index contributed by atoms with van der Waals surface area (Å²) in [7, 11) is 0. The third kappa shape index (κ3) is 4.47. The Morgan fingerprint density at radius 3 is 2.39 bits per heavy atom. The molecule has 1 aromatic carbocycles. The van der Waals surface area contributed by atoms with Gasteiger partial charge in [0.05, 0.1) is 12.5 Å². The Labute approximate surface area is 108 Å². The van der Waals surface area contributed by atoms with Crippen molar-refractivity contribution < 1.29 is 15.0 Å². The first kappa shape index (κ1) is 14.7. The van der Waals surface area contributed by atoms with Gasteiger partial charge in [0.1, 0.15) is 0 Å². The summed E-state index contributed by atoms with van der Waals surface area (Å²) in [6, 6.07) is 9.27. The van der Waals surface area contributed by atoms with Crippen LogP contribution in [-0.2, 0) is 4.79 Å². The van der Waals surface area contributed by atoms with Gasteiger partial charge in [0.2, 0.25) is 0 Å². The minimum atomic E-state index is -0.834. The molecular weight excluding hydrogens is 230 g/mol. The molecule has 0 bridgehead atoms. The zero-order valence-corrected chi connectivity index (χ0v) is 10.8. The van der Waals surface area contributed by atoms with Crippen LogP contribution in [0.5, 0.6) is 0 Å². The van der Waals surface area contributed by atoms with Crippen molar-refractivity contribution in [2.24, 2.45) is 5.92 Å². The summed E-state index contributed by atoms with van der Waals surface area (Å²) in [6.07, 6.45) is -0.565. The first-order valence-electron chi connectivity index (χ1n) is 6.20.